The van der Waals surface area contributed by atoms with Crippen molar-refractivity contribution >= 4 is 46.6 Å². The third kappa shape index (κ3) is 4.87. The van der Waals surface area contributed by atoms with Crippen LogP contribution in [0.25, 0.3) is 6.08 Å². The Morgan fingerprint density at radius 1 is 1.14 bits per heavy atom. The summed E-state index contributed by atoms with van der Waals surface area (Å²) in [6, 6.07) is 17.3. The molecule has 10 heteroatoms. The van der Waals surface area contributed by atoms with Gasteiger partial charge in [0.25, 0.3) is 5.56 Å². The molecule has 2 aromatic carbocycles. The molecule has 0 N–H and O–H groups in total. The Labute approximate surface area is 225 Å². The van der Waals surface area contributed by atoms with Crippen LogP contribution in [0.4, 0.5) is 0 Å². The monoisotopic (exact) mass is 554 g/mol. The minimum Gasteiger partial charge on any atom is -0.484 e. The van der Waals surface area contributed by atoms with Crippen LogP contribution in [0.2, 0.25) is 10.0 Å². The summed E-state index contributed by atoms with van der Waals surface area (Å²) in [6.45, 7) is 1.87. The molecule has 7 nitrogen and oxygen atoms in total. The van der Waals surface area contributed by atoms with Gasteiger partial charge in [-0.1, -0.05) is 70.9 Å². The smallest absolute Gasteiger partial charge is 0.338 e. The van der Waals surface area contributed by atoms with Gasteiger partial charge in [0.2, 0.25) is 0 Å². The van der Waals surface area contributed by atoms with Crippen molar-refractivity contribution in [2.24, 2.45) is 4.99 Å². The Morgan fingerprint density at radius 2 is 1.92 bits per heavy atom. The number of hydrogen-bond donors (Lipinski definition) is 0. The molecule has 4 aromatic rings. The predicted molar refractivity (Wildman–Crippen MR) is 142 cm³/mol. The molecule has 2 aromatic heterocycles. The fraction of sp³-hybridized carbons (Fsp3) is 0.148. The van der Waals surface area contributed by atoms with Gasteiger partial charge in [0, 0.05) is 6.08 Å². The van der Waals surface area contributed by atoms with Crippen molar-refractivity contribution in [3.8, 4) is 5.75 Å². The first kappa shape index (κ1) is 25.1. The van der Waals surface area contributed by atoms with Crippen LogP contribution >= 0.6 is 34.5 Å². The highest BCUT2D eigenvalue weighted by atomic mass is 35.5. The number of carbonyl (C=O) groups is 1. The fourth-order valence-corrected chi connectivity index (χ4v) is 5.44. The van der Waals surface area contributed by atoms with Crippen LogP contribution in [0.3, 0.4) is 0 Å². The molecule has 37 heavy (non-hydrogen) atoms. The average molecular weight is 555 g/mol. The molecule has 0 saturated heterocycles. The Kier molecular flexibility index (Phi) is 7.06. The van der Waals surface area contributed by atoms with E-state index in [1.807, 2.05) is 30.3 Å². The van der Waals surface area contributed by atoms with Crippen LogP contribution in [0, 0.1) is 0 Å². The minimum atomic E-state index is -0.657. The molecule has 5 rings (SSSR count). The maximum atomic E-state index is 13.6. The van der Waals surface area contributed by atoms with Gasteiger partial charge in [0.05, 0.1) is 34.0 Å². The van der Waals surface area contributed by atoms with Gasteiger partial charge in [-0.15, -0.1) is 0 Å². The second-order valence-electron chi connectivity index (χ2n) is 8.13. The van der Waals surface area contributed by atoms with Crippen LogP contribution < -0.4 is 19.6 Å². The number of carbonyl (C=O) groups excluding carboxylic acids is 1. The number of allylic oxidation sites excluding steroid dienone is 1. The molecule has 3 heterocycles. The molecular weight excluding hydrogens is 535 g/mol. The molecule has 1 aliphatic heterocycles. The van der Waals surface area contributed by atoms with E-state index < -0.39 is 12.0 Å². The van der Waals surface area contributed by atoms with Crippen molar-refractivity contribution in [3.05, 3.63) is 119 Å². The number of methoxy groups -OCH3 is 1. The van der Waals surface area contributed by atoms with Crippen molar-refractivity contribution in [2.75, 3.05) is 7.11 Å². The number of fused-ring (bicyclic) bond motifs is 1. The van der Waals surface area contributed by atoms with Crippen LogP contribution in [-0.2, 0) is 16.1 Å². The van der Waals surface area contributed by atoms with Crippen molar-refractivity contribution in [3.63, 3.8) is 0 Å². The van der Waals surface area contributed by atoms with E-state index in [-0.39, 0.29) is 12.2 Å². The van der Waals surface area contributed by atoms with E-state index in [1.54, 1.807) is 43.3 Å². The summed E-state index contributed by atoms with van der Waals surface area (Å²) >= 11 is 13.4. The number of esters is 1. The second-order valence-corrected chi connectivity index (χ2v) is 9.92. The predicted octanol–water partition coefficient (Wildman–Crippen LogP) is 4.89. The summed E-state index contributed by atoms with van der Waals surface area (Å²) < 4.78 is 18.6. The van der Waals surface area contributed by atoms with Crippen LogP contribution in [-0.4, -0.2) is 17.6 Å². The molecule has 0 fully saturated rings. The zero-order valence-corrected chi connectivity index (χ0v) is 22.1. The summed E-state index contributed by atoms with van der Waals surface area (Å²) in [6.07, 6.45) is 1.65. The van der Waals surface area contributed by atoms with E-state index in [0.717, 1.165) is 5.56 Å². The zero-order chi connectivity index (χ0) is 26.1. The normalized spacial score (nSPS) is 15.4. The lowest BCUT2D eigenvalue weighted by Crippen LogP contribution is -2.39. The standard InChI is InChI=1S/C27H20Cl2N2O5S/c1-15-22(26(33)34-2)24(16-7-4-3-5-8-16)31-25(32)21(37-27(31)30-15)13-17-11-12-18(36-17)14-35-20-10-6-9-19(28)23(20)29/h3-13,24H,14H2,1-2H3/b21-13-. The number of thiazole rings is 1. The summed E-state index contributed by atoms with van der Waals surface area (Å²) in [5.41, 5.74) is 1.32. The second kappa shape index (κ2) is 10.4. The Morgan fingerprint density at radius 3 is 2.68 bits per heavy atom. The molecule has 0 amide bonds. The first-order valence-electron chi connectivity index (χ1n) is 11.2. The molecule has 0 radical (unpaired) electrons. The maximum Gasteiger partial charge on any atom is 0.338 e. The maximum absolute atomic E-state index is 13.6. The van der Waals surface area contributed by atoms with Crippen molar-refractivity contribution < 1.29 is 18.7 Å². The Bertz CT molecular complexity index is 1700. The minimum absolute atomic E-state index is 0.130. The SMILES string of the molecule is COC(=O)C1=C(C)N=c2s/c(=C\c3ccc(COc4cccc(Cl)c4Cl)o3)c(=O)n2C1c1ccccc1. The van der Waals surface area contributed by atoms with Crippen LogP contribution in [0.5, 0.6) is 5.75 Å². The number of benzene rings is 2. The Hall–Kier alpha value is -3.59. The largest absolute Gasteiger partial charge is 0.484 e. The third-order valence-electron chi connectivity index (χ3n) is 5.78. The highest BCUT2D eigenvalue weighted by molar-refractivity contribution is 7.07. The molecule has 1 atom stereocenters. The van der Waals surface area contributed by atoms with Gasteiger partial charge >= 0.3 is 5.97 Å². The number of nitrogens with zero attached hydrogens (tertiary/aromatic N) is 2. The van der Waals surface area contributed by atoms with E-state index in [2.05, 4.69) is 4.99 Å². The highest BCUT2D eigenvalue weighted by Gasteiger charge is 2.32. The van der Waals surface area contributed by atoms with E-state index in [9.17, 15) is 9.59 Å². The molecule has 188 valence electrons. The molecule has 0 bridgehead atoms. The lowest BCUT2D eigenvalue weighted by atomic mass is 9.96. The average Bonchev–Trinajstić information content (AvgIpc) is 3.48. The van der Waals surface area contributed by atoms with Crippen molar-refractivity contribution in [1.29, 1.82) is 0 Å². The number of hydrogen-bond acceptors (Lipinski definition) is 7. The van der Waals surface area contributed by atoms with E-state index >= 15 is 0 Å². The quantitative estimate of drug-likeness (QED) is 0.317. The molecule has 1 unspecified atom stereocenters. The Balaban J connectivity index is 1.50. The summed E-state index contributed by atoms with van der Waals surface area (Å²) in [4.78, 5) is 31.3. The first-order chi connectivity index (χ1) is 17.9. The van der Waals surface area contributed by atoms with E-state index in [1.165, 1.54) is 23.0 Å². The van der Waals surface area contributed by atoms with Gasteiger partial charge in [-0.2, -0.15) is 0 Å². The molecule has 1 aliphatic rings. The molecule has 0 saturated carbocycles. The van der Waals surface area contributed by atoms with Gasteiger partial charge in [-0.05, 0) is 36.8 Å². The van der Waals surface area contributed by atoms with Gasteiger partial charge < -0.3 is 13.9 Å². The van der Waals surface area contributed by atoms with Gasteiger partial charge in [0.15, 0.2) is 4.80 Å². The highest BCUT2D eigenvalue weighted by Crippen LogP contribution is 2.32. The molecule has 0 aliphatic carbocycles. The van der Waals surface area contributed by atoms with Crippen molar-refractivity contribution in [2.45, 2.75) is 19.6 Å². The number of rotatable bonds is 6. The molecular formula is C27H20Cl2N2O5S. The topological polar surface area (TPSA) is 83.0 Å². The summed E-state index contributed by atoms with van der Waals surface area (Å²) in [7, 11) is 1.31. The molecule has 0 spiro atoms. The first-order valence-corrected chi connectivity index (χ1v) is 12.8. The third-order valence-corrected chi connectivity index (χ3v) is 7.57. The summed E-state index contributed by atoms with van der Waals surface area (Å²) in [5, 5.41) is 0.723. The zero-order valence-electron chi connectivity index (χ0n) is 19.7. The van der Waals surface area contributed by atoms with Gasteiger partial charge in [-0.25, -0.2) is 9.79 Å². The summed E-state index contributed by atoms with van der Waals surface area (Å²) in [5.74, 6) is 0.931. The number of halogens is 2. The van der Waals surface area contributed by atoms with E-state index in [4.69, 9.17) is 37.1 Å². The number of ether oxygens (including phenoxy) is 2. The number of furan rings is 1. The number of aromatic nitrogens is 1. The fourth-order valence-electron chi connectivity index (χ4n) is 4.07. The van der Waals surface area contributed by atoms with Crippen LogP contribution in [0.15, 0.2) is 86.1 Å². The lowest BCUT2D eigenvalue weighted by molar-refractivity contribution is -0.136. The van der Waals surface area contributed by atoms with Crippen LogP contribution in [0.1, 0.15) is 30.0 Å². The van der Waals surface area contributed by atoms with Crippen molar-refractivity contribution in [1.82, 2.24) is 4.57 Å². The van der Waals surface area contributed by atoms with Gasteiger partial charge in [0.1, 0.15) is 28.9 Å². The van der Waals surface area contributed by atoms with E-state index in [0.29, 0.717) is 47.9 Å². The lowest BCUT2D eigenvalue weighted by Gasteiger charge is -2.24. The van der Waals surface area contributed by atoms with Gasteiger partial charge in [-0.3, -0.25) is 9.36 Å².